The van der Waals surface area contributed by atoms with E-state index in [0.29, 0.717) is 16.7 Å². The number of fused-ring (bicyclic) bond motifs is 5. The van der Waals surface area contributed by atoms with Gasteiger partial charge in [0.1, 0.15) is 0 Å². The Morgan fingerprint density at radius 3 is 2.13 bits per heavy atom. The van der Waals surface area contributed by atoms with E-state index < -0.39 is 0 Å². The molecule has 0 aromatic carbocycles. The van der Waals surface area contributed by atoms with Crippen LogP contribution in [-0.4, -0.2) is 11.2 Å². The first-order valence-electron chi connectivity index (χ1n) is 14.3. The van der Waals surface area contributed by atoms with E-state index in [-0.39, 0.29) is 6.10 Å². The second kappa shape index (κ2) is 8.96. The summed E-state index contributed by atoms with van der Waals surface area (Å²) in [6.07, 6.45) is 15.3. The minimum atomic E-state index is -0.0435. The predicted molar refractivity (Wildman–Crippen MR) is 133 cm³/mol. The quantitative estimate of drug-likeness (QED) is 0.449. The summed E-state index contributed by atoms with van der Waals surface area (Å²) in [5, 5.41) is 10.6. The molecule has 0 aromatic rings. The van der Waals surface area contributed by atoms with Crippen LogP contribution < -0.4 is 0 Å². The summed E-state index contributed by atoms with van der Waals surface area (Å²) in [6.45, 7) is 17.6. The molecule has 1 heteroatoms. The van der Waals surface area contributed by atoms with Gasteiger partial charge in [0.15, 0.2) is 0 Å². The standard InChI is InChI=1S/C30H54O/c1-8-22(19(2)3)10-9-20(4)24-13-14-26-23-11-12-25-21(5)28(31)16-18-30(25,7)27(23)15-17-29(24,26)6/h19-28,31H,8-18H2,1-7H3/t20-,21+,22-,23+,24-,25+,26+,27+,28+,29-,30+/m1/s1. The SMILES string of the molecule is CC[C@H](CC[C@@H](C)[C@H]1CC[C@H]2[C@@H]3CC[C@H]4[C@H](C)[C@@H](O)CC[C@]4(C)[C@H]3CC[C@]12C)C(C)C. The van der Waals surface area contributed by atoms with E-state index in [4.69, 9.17) is 0 Å². The number of hydrogen-bond donors (Lipinski definition) is 1. The van der Waals surface area contributed by atoms with Gasteiger partial charge in [0.25, 0.3) is 0 Å². The molecule has 0 aromatic heterocycles. The van der Waals surface area contributed by atoms with Crippen LogP contribution in [0, 0.1) is 64.1 Å². The zero-order valence-electron chi connectivity index (χ0n) is 22.0. The lowest BCUT2D eigenvalue weighted by atomic mass is 9.43. The summed E-state index contributed by atoms with van der Waals surface area (Å²) in [5.41, 5.74) is 1.10. The maximum absolute atomic E-state index is 10.6. The Hall–Kier alpha value is -0.0400. The Kier molecular flexibility index (Phi) is 6.96. The average Bonchev–Trinajstić information content (AvgIpc) is 3.08. The van der Waals surface area contributed by atoms with Crippen LogP contribution in [0.1, 0.15) is 119 Å². The fraction of sp³-hybridized carbons (Fsp3) is 1.00. The Bertz CT molecular complexity index is 612. The molecule has 0 heterocycles. The molecule has 11 atom stereocenters. The van der Waals surface area contributed by atoms with Crippen LogP contribution in [0.3, 0.4) is 0 Å². The Labute approximate surface area is 194 Å². The molecule has 4 fully saturated rings. The fourth-order valence-corrected chi connectivity index (χ4v) is 10.4. The lowest BCUT2D eigenvalue weighted by molar-refractivity contribution is -0.149. The summed E-state index contributed by atoms with van der Waals surface area (Å²) in [5.74, 6) is 7.77. The number of rotatable bonds is 6. The van der Waals surface area contributed by atoms with E-state index in [1.54, 1.807) is 0 Å². The Balaban J connectivity index is 1.46. The summed E-state index contributed by atoms with van der Waals surface area (Å²) in [7, 11) is 0. The van der Waals surface area contributed by atoms with E-state index in [0.717, 1.165) is 53.8 Å². The van der Waals surface area contributed by atoms with Gasteiger partial charge >= 0.3 is 0 Å². The third kappa shape index (κ3) is 3.95. The minimum Gasteiger partial charge on any atom is -0.393 e. The minimum absolute atomic E-state index is 0.0435. The van der Waals surface area contributed by atoms with Gasteiger partial charge in [0.2, 0.25) is 0 Å². The number of aliphatic hydroxyl groups is 1. The molecule has 0 spiro atoms. The second-order valence-electron chi connectivity index (χ2n) is 13.7. The molecular weight excluding hydrogens is 376 g/mol. The Morgan fingerprint density at radius 2 is 1.45 bits per heavy atom. The average molecular weight is 431 g/mol. The normalized spacial score (nSPS) is 49.3. The van der Waals surface area contributed by atoms with Gasteiger partial charge in [-0.25, -0.2) is 0 Å². The summed E-state index contributed by atoms with van der Waals surface area (Å²) < 4.78 is 0. The molecule has 0 aliphatic heterocycles. The van der Waals surface area contributed by atoms with Gasteiger partial charge in [-0.2, -0.15) is 0 Å². The highest BCUT2D eigenvalue weighted by molar-refractivity contribution is 5.10. The number of aliphatic hydroxyl groups excluding tert-OH is 1. The van der Waals surface area contributed by atoms with E-state index in [1.165, 1.54) is 64.2 Å². The third-order valence-corrected chi connectivity index (χ3v) is 12.4. The molecule has 4 rings (SSSR count). The molecular formula is C30H54O. The lowest BCUT2D eigenvalue weighted by Crippen LogP contribution is -2.56. The van der Waals surface area contributed by atoms with Gasteiger partial charge in [0, 0.05) is 0 Å². The molecule has 0 unspecified atom stereocenters. The highest BCUT2D eigenvalue weighted by atomic mass is 16.3. The first-order chi connectivity index (χ1) is 14.6. The highest BCUT2D eigenvalue weighted by Gasteiger charge is 2.61. The lowest BCUT2D eigenvalue weighted by Gasteiger charge is -2.62. The van der Waals surface area contributed by atoms with Crippen molar-refractivity contribution in [2.24, 2.45) is 64.1 Å². The molecule has 180 valence electrons. The van der Waals surface area contributed by atoms with Crippen LogP contribution in [-0.2, 0) is 0 Å². The van der Waals surface area contributed by atoms with Crippen molar-refractivity contribution in [1.82, 2.24) is 0 Å². The van der Waals surface area contributed by atoms with Crippen LogP contribution in [0.25, 0.3) is 0 Å². The maximum Gasteiger partial charge on any atom is 0.0568 e. The predicted octanol–water partition coefficient (Wildman–Crippen LogP) is 8.35. The summed E-state index contributed by atoms with van der Waals surface area (Å²) in [4.78, 5) is 0. The first-order valence-corrected chi connectivity index (χ1v) is 14.3. The fourth-order valence-electron chi connectivity index (χ4n) is 10.4. The largest absolute Gasteiger partial charge is 0.393 e. The van der Waals surface area contributed by atoms with E-state index in [2.05, 4.69) is 48.5 Å². The smallest absolute Gasteiger partial charge is 0.0568 e. The first kappa shape index (κ1) is 24.1. The van der Waals surface area contributed by atoms with Gasteiger partial charge in [0.05, 0.1) is 6.10 Å². The topological polar surface area (TPSA) is 20.2 Å². The van der Waals surface area contributed by atoms with Gasteiger partial charge in [-0.05, 0) is 122 Å². The molecule has 4 aliphatic carbocycles. The zero-order valence-corrected chi connectivity index (χ0v) is 22.0. The molecule has 31 heavy (non-hydrogen) atoms. The molecule has 4 aliphatic rings. The van der Waals surface area contributed by atoms with Crippen LogP contribution in [0.4, 0.5) is 0 Å². The van der Waals surface area contributed by atoms with Crippen LogP contribution in [0.5, 0.6) is 0 Å². The van der Waals surface area contributed by atoms with E-state index >= 15 is 0 Å². The number of hydrogen-bond acceptors (Lipinski definition) is 1. The van der Waals surface area contributed by atoms with Crippen molar-refractivity contribution in [3.05, 3.63) is 0 Å². The molecule has 0 bridgehead atoms. The molecule has 0 saturated heterocycles. The summed E-state index contributed by atoms with van der Waals surface area (Å²) >= 11 is 0. The maximum atomic E-state index is 10.6. The molecule has 0 amide bonds. The molecule has 4 saturated carbocycles. The van der Waals surface area contributed by atoms with Crippen molar-refractivity contribution >= 4 is 0 Å². The van der Waals surface area contributed by atoms with Crippen LogP contribution >= 0.6 is 0 Å². The monoisotopic (exact) mass is 430 g/mol. The van der Waals surface area contributed by atoms with Gasteiger partial charge in [-0.15, -0.1) is 0 Å². The van der Waals surface area contributed by atoms with Crippen LogP contribution in [0.2, 0.25) is 0 Å². The van der Waals surface area contributed by atoms with Crippen molar-refractivity contribution in [1.29, 1.82) is 0 Å². The molecule has 0 radical (unpaired) electrons. The van der Waals surface area contributed by atoms with Crippen molar-refractivity contribution in [2.75, 3.05) is 0 Å². The summed E-state index contributed by atoms with van der Waals surface area (Å²) in [6, 6.07) is 0. The molecule has 1 nitrogen and oxygen atoms in total. The van der Waals surface area contributed by atoms with Crippen molar-refractivity contribution in [3.8, 4) is 0 Å². The zero-order chi connectivity index (χ0) is 22.6. The van der Waals surface area contributed by atoms with Gasteiger partial charge in [-0.3, -0.25) is 0 Å². The van der Waals surface area contributed by atoms with Crippen molar-refractivity contribution < 1.29 is 5.11 Å². The van der Waals surface area contributed by atoms with E-state index in [9.17, 15) is 5.11 Å². The molecule has 1 N–H and O–H groups in total. The van der Waals surface area contributed by atoms with Crippen LogP contribution in [0.15, 0.2) is 0 Å². The van der Waals surface area contributed by atoms with Gasteiger partial charge in [-0.1, -0.05) is 61.3 Å². The van der Waals surface area contributed by atoms with Crippen molar-refractivity contribution in [3.63, 3.8) is 0 Å². The van der Waals surface area contributed by atoms with E-state index in [1.807, 2.05) is 0 Å². The highest BCUT2D eigenvalue weighted by Crippen LogP contribution is 2.69. The third-order valence-electron chi connectivity index (χ3n) is 12.4. The van der Waals surface area contributed by atoms with Gasteiger partial charge < -0.3 is 5.11 Å². The second-order valence-corrected chi connectivity index (χ2v) is 13.7. The van der Waals surface area contributed by atoms with Crippen molar-refractivity contribution in [2.45, 2.75) is 125 Å². The Morgan fingerprint density at radius 1 is 0.806 bits per heavy atom.